The zero-order valence-electron chi connectivity index (χ0n) is 18.2. The van der Waals surface area contributed by atoms with Crippen LogP contribution in [0.2, 0.25) is 10.0 Å². The van der Waals surface area contributed by atoms with Gasteiger partial charge in [-0.05, 0) is 67.1 Å². The smallest absolute Gasteiger partial charge is 0.329 e. The summed E-state index contributed by atoms with van der Waals surface area (Å²) in [6.07, 6.45) is 3.05. The van der Waals surface area contributed by atoms with Crippen LogP contribution in [0.25, 0.3) is 17.1 Å². The predicted molar refractivity (Wildman–Crippen MR) is 132 cm³/mol. The first kappa shape index (κ1) is 23.4. The standard InChI is InChI=1S/C25H19Cl2N3O4/c1-15-28-25-22(30(15)34-16(2)31)4-3-5-23(25)33-19-10-8-18(9-11-19)29-24(32)13-7-17-6-12-20(26)21(27)14-17/h3-14H,1-2H3,(H,29,32)/b13-7+. The van der Waals surface area contributed by atoms with Crippen molar-refractivity contribution in [1.82, 2.24) is 9.71 Å². The lowest BCUT2D eigenvalue weighted by atomic mass is 10.2. The molecule has 1 aromatic heterocycles. The van der Waals surface area contributed by atoms with Gasteiger partial charge in [-0.1, -0.05) is 35.3 Å². The molecule has 0 aliphatic rings. The molecule has 0 bridgehead atoms. The Morgan fingerprint density at radius 3 is 2.50 bits per heavy atom. The predicted octanol–water partition coefficient (Wildman–Crippen LogP) is 6.07. The zero-order chi connectivity index (χ0) is 24.2. The van der Waals surface area contributed by atoms with Crippen LogP contribution in [0.1, 0.15) is 18.3 Å². The van der Waals surface area contributed by atoms with Crippen LogP contribution in [0.4, 0.5) is 5.69 Å². The number of carbonyl (C=O) groups excluding carboxylic acids is 2. The molecule has 34 heavy (non-hydrogen) atoms. The molecule has 172 valence electrons. The highest BCUT2D eigenvalue weighted by molar-refractivity contribution is 6.42. The van der Waals surface area contributed by atoms with Crippen LogP contribution in [-0.2, 0) is 9.59 Å². The third-order valence-electron chi connectivity index (χ3n) is 4.70. The number of anilines is 1. The van der Waals surface area contributed by atoms with Crippen molar-refractivity contribution in [2.24, 2.45) is 0 Å². The summed E-state index contributed by atoms with van der Waals surface area (Å²) in [5, 5.41) is 3.66. The summed E-state index contributed by atoms with van der Waals surface area (Å²) in [5.41, 5.74) is 2.53. The summed E-state index contributed by atoms with van der Waals surface area (Å²) >= 11 is 11.9. The van der Waals surface area contributed by atoms with Crippen molar-refractivity contribution in [2.75, 3.05) is 5.32 Å². The van der Waals surface area contributed by atoms with E-state index in [0.29, 0.717) is 44.1 Å². The lowest BCUT2D eigenvalue weighted by Crippen LogP contribution is -2.17. The quantitative estimate of drug-likeness (QED) is 0.328. The summed E-state index contributed by atoms with van der Waals surface area (Å²) in [6, 6.07) is 17.4. The monoisotopic (exact) mass is 495 g/mol. The number of hydrogen-bond acceptors (Lipinski definition) is 5. The molecule has 0 spiro atoms. The molecule has 7 nitrogen and oxygen atoms in total. The van der Waals surface area contributed by atoms with Gasteiger partial charge in [0.2, 0.25) is 5.91 Å². The minimum absolute atomic E-state index is 0.295. The molecular weight excluding hydrogens is 477 g/mol. The summed E-state index contributed by atoms with van der Waals surface area (Å²) in [4.78, 5) is 33.3. The fraction of sp³-hybridized carbons (Fsp3) is 0.0800. The van der Waals surface area contributed by atoms with Crippen LogP contribution in [0.5, 0.6) is 11.5 Å². The van der Waals surface area contributed by atoms with Crippen LogP contribution in [0.15, 0.2) is 66.7 Å². The largest absolute Gasteiger partial charge is 0.455 e. The first-order chi connectivity index (χ1) is 16.3. The maximum atomic E-state index is 12.2. The van der Waals surface area contributed by atoms with Crippen molar-refractivity contribution in [3.63, 3.8) is 0 Å². The van der Waals surface area contributed by atoms with E-state index in [4.69, 9.17) is 32.8 Å². The number of nitrogens with zero attached hydrogens (tertiary/aromatic N) is 2. The number of aromatic nitrogens is 2. The number of halogens is 2. The molecule has 0 aliphatic heterocycles. The van der Waals surface area contributed by atoms with E-state index in [9.17, 15) is 9.59 Å². The second-order valence-electron chi connectivity index (χ2n) is 7.28. The Hall–Kier alpha value is -3.81. The minimum Gasteiger partial charge on any atom is -0.455 e. The van der Waals surface area contributed by atoms with Gasteiger partial charge in [0.25, 0.3) is 0 Å². The van der Waals surface area contributed by atoms with E-state index in [2.05, 4.69) is 10.3 Å². The number of benzene rings is 3. The Bertz CT molecular complexity index is 1410. The van der Waals surface area contributed by atoms with Gasteiger partial charge in [0.15, 0.2) is 5.75 Å². The SMILES string of the molecule is CC(=O)On1c(C)nc2c(Oc3ccc(NC(=O)/C=C/c4ccc(Cl)c(Cl)c4)cc3)cccc21. The van der Waals surface area contributed by atoms with Crippen molar-refractivity contribution < 1.29 is 19.2 Å². The molecule has 0 atom stereocenters. The highest BCUT2D eigenvalue weighted by Gasteiger charge is 2.14. The molecule has 0 saturated heterocycles. The Kier molecular flexibility index (Phi) is 6.86. The van der Waals surface area contributed by atoms with Crippen molar-refractivity contribution in [2.45, 2.75) is 13.8 Å². The van der Waals surface area contributed by atoms with Crippen molar-refractivity contribution in [3.05, 3.63) is 88.2 Å². The van der Waals surface area contributed by atoms with E-state index < -0.39 is 5.97 Å². The average Bonchev–Trinajstić information content (AvgIpc) is 3.11. The third kappa shape index (κ3) is 5.39. The van der Waals surface area contributed by atoms with E-state index in [1.807, 2.05) is 0 Å². The lowest BCUT2D eigenvalue weighted by Gasteiger charge is -2.08. The number of amides is 1. The van der Waals surface area contributed by atoms with Crippen molar-refractivity contribution in [3.8, 4) is 11.5 Å². The number of fused-ring (bicyclic) bond motifs is 1. The van der Waals surface area contributed by atoms with Gasteiger partial charge in [0, 0.05) is 18.7 Å². The van der Waals surface area contributed by atoms with Crippen LogP contribution >= 0.6 is 23.2 Å². The van der Waals surface area contributed by atoms with Crippen molar-refractivity contribution in [1.29, 1.82) is 0 Å². The fourth-order valence-corrected chi connectivity index (χ4v) is 3.51. The maximum Gasteiger partial charge on any atom is 0.329 e. The molecular formula is C25H19Cl2N3O4. The van der Waals surface area contributed by atoms with Crippen LogP contribution in [0.3, 0.4) is 0 Å². The first-order valence-electron chi connectivity index (χ1n) is 10.2. The number of aryl methyl sites for hydroxylation is 1. The van der Waals surface area contributed by atoms with Gasteiger partial charge in [-0.3, -0.25) is 4.79 Å². The van der Waals surface area contributed by atoms with Gasteiger partial charge in [0.05, 0.1) is 10.0 Å². The Labute approximate surface area is 205 Å². The number of nitrogens with one attached hydrogen (secondary N) is 1. The Balaban J connectivity index is 1.44. The normalized spacial score (nSPS) is 11.1. The second kappa shape index (κ2) is 9.99. The molecule has 1 amide bonds. The number of para-hydroxylation sites is 1. The highest BCUT2D eigenvalue weighted by Crippen LogP contribution is 2.30. The van der Waals surface area contributed by atoms with Crippen LogP contribution in [0, 0.1) is 6.92 Å². The number of imidazole rings is 1. The van der Waals surface area contributed by atoms with Gasteiger partial charge < -0.3 is 14.9 Å². The van der Waals surface area contributed by atoms with E-state index in [0.717, 1.165) is 5.56 Å². The van der Waals surface area contributed by atoms with Gasteiger partial charge in [-0.15, -0.1) is 0 Å². The Morgan fingerprint density at radius 2 is 1.79 bits per heavy atom. The topological polar surface area (TPSA) is 82.5 Å². The molecule has 0 fully saturated rings. The summed E-state index contributed by atoms with van der Waals surface area (Å²) in [6.45, 7) is 3.06. The fourth-order valence-electron chi connectivity index (χ4n) is 3.20. The average molecular weight is 496 g/mol. The second-order valence-corrected chi connectivity index (χ2v) is 8.10. The summed E-state index contributed by atoms with van der Waals surface area (Å²) in [5.74, 6) is 0.840. The number of ether oxygens (including phenoxy) is 1. The molecule has 4 aromatic rings. The molecule has 0 unspecified atom stereocenters. The molecule has 4 rings (SSSR count). The van der Waals surface area contributed by atoms with E-state index in [1.54, 1.807) is 73.7 Å². The first-order valence-corrected chi connectivity index (χ1v) is 10.9. The maximum absolute atomic E-state index is 12.2. The van der Waals surface area contributed by atoms with Gasteiger partial charge in [-0.2, -0.15) is 4.73 Å². The van der Waals surface area contributed by atoms with Crippen molar-refractivity contribution >= 4 is 57.9 Å². The molecule has 9 heteroatoms. The summed E-state index contributed by atoms with van der Waals surface area (Å²) < 4.78 is 7.35. The molecule has 1 N–H and O–H groups in total. The summed E-state index contributed by atoms with van der Waals surface area (Å²) in [7, 11) is 0. The van der Waals surface area contributed by atoms with Crippen LogP contribution < -0.4 is 14.9 Å². The molecule has 0 radical (unpaired) electrons. The lowest BCUT2D eigenvalue weighted by molar-refractivity contribution is -0.141. The van der Waals surface area contributed by atoms with Gasteiger partial charge >= 0.3 is 5.97 Å². The van der Waals surface area contributed by atoms with E-state index in [1.165, 1.54) is 17.7 Å². The number of hydrogen-bond donors (Lipinski definition) is 1. The number of carbonyl (C=O) groups is 2. The van der Waals surface area contributed by atoms with E-state index >= 15 is 0 Å². The van der Waals surface area contributed by atoms with Gasteiger partial charge in [0.1, 0.15) is 22.6 Å². The molecule has 0 saturated carbocycles. The zero-order valence-corrected chi connectivity index (χ0v) is 19.7. The van der Waals surface area contributed by atoms with E-state index in [-0.39, 0.29) is 5.91 Å². The molecule has 0 aliphatic carbocycles. The molecule has 1 heterocycles. The minimum atomic E-state index is -0.446. The number of rotatable bonds is 6. The third-order valence-corrected chi connectivity index (χ3v) is 5.44. The van der Waals surface area contributed by atoms with Gasteiger partial charge in [-0.25, -0.2) is 9.78 Å². The Morgan fingerprint density at radius 1 is 1.03 bits per heavy atom. The highest BCUT2D eigenvalue weighted by atomic mass is 35.5. The molecule has 3 aromatic carbocycles. The van der Waals surface area contributed by atoms with Crippen LogP contribution in [-0.4, -0.2) is 21.6 Å².